The van der Waals surface area contributed by atoms with Crippen LogP contribution in [0.2, 0.25) is 0 Å². The Morgan fingerprint density at radius 1 is 1.15 bits per heavy atom. The number of piperidine rings is 1. The number of nitrogens with zero attached hydrogens (tertiary/aromatic N) is 5. The van der Waals surface area contributed by atoms with E-state index in [2.05, 4.69) is 14.9 Å². The molecule has 10 nitrogen and oxygen atoms in total. The molecule has 4 fully saturated rings. The van der Waals surface area contributed by atoms with Crippen molar-refractivity contribution < 1.29 is 37.3 Å². The monoisotopic (exact) mass is 649 g/mol. The molecule has 2 aromatic carbocycles. The highest BCUT2D eigenvalue weighted by atomic mass is 19.1. The molecule has 1 spiro atoms. The third-order valence-electron chi connectivity index (χ3n) is 10.2. The van der Waals surface area contributed by atoms with Crippen LogP contribution >= 0.6 is 0 Å². The number of rotatable bonds is 6. The van der Waals surface area contributed by atoms with Crippen molar-refractivity contribution in [1.29, 1.82) is 0 Å². The Morgan fingerprint density at radius 2 is 2.00 bits per heavy atom. The highest BCUT2D eigenvalue weighted by Gasteiger charge is 2.50. The molecule has 2 aromatic heterocycles. The van der Waals surface area contributed by atoms with Gasteiger partial charge in [0.25, 0.3) is 0 Å². The van der Waals surface area contributed by atoms with Gasteiger partial charge in [-0.3, -0.25) is 9.88 Å². The van der Waals surface area contributed by atoms with Crippen molar-refractivity contribution in [2.75, 3.05) is 44.3 Å². The average Bonchev–Trinajstić information content (AvgIpc) is 3.71. The molecule has 8 rings (SSSR count). The van der Waals surface area contributed by atoms with Gasteiger partial charge in [-0.1, -0.05) is 13.0 Å². The Morgan fingerprint density at radius 3 is 2.81 bits per heavy atom. The van der Waals surface area contributed by atoms with Gasteiger partial charge in [-0.15, -0.1) is 0 Å². The summed E-state index contributed by atoms with van der Waals surface area (Å²) >= 11 is 0. The van der Waals surface area contributed by atoms with Gasteiger partial charge in [0.05, 0.1) is 17.5 Å². The molecule has 0 saturated carbocycles. The highest BCUT2D eigenvalue weighted by molar-refractivity contribution is 6.01. The largest absolute Gasteiger partial charge is 0.509 e. The lowest BCUT2D eigenvalue weighted by atomic mass is 9.93. The first-order valence-electron chi connectivity index (χ1n) is 16.1. The Balaban J connectivity index is 1.27. The van der Waals surface area contributed by atoms with Crippen LogP contribution in [0.5, 0.6) is 11.8 Å². The molecule has 0 amide bonds. The summed E-state index contributed by atoms with van der Waals surface area (Å²) < 4.78 is 63.3. The minimum atomic E-state index is -0.950. The van der Waals surface area contributed by atoms with Crippen molar-refractivity contribution >= 4 is 33.6 Å². The summed E-state index contributed by atoms with van der Waals surface area (Å²) in [7, 11) is 0. The number of aromatic nitrogens is 3. The molecular weight excluding hydrogens is 615 g/mol. The molecule has 0 radical (unpaired) electrons. The molecule has 0 aliphatic carbocycles. The second kappa shape index (κ2) is 11.1. The van der Waals surface area contributed by atoms with Gasteiger partial charge in [0.1, 0.15) is 48.0 Å². The molecule has 246 valence electrons. The van der Waals surface area contributed by atoms with Gasteiger partial charge in [-0.25, -0.2) is 18.0 Å². The van der Waals surface area contributed by atoms with Gasteiger partial charge >= 0.3 is 12.2 Å². The topological polar surface area (TPSA) is 110 Å². The third-order valence-corrected chi connectivity index (χ3v) is 10.2. The Kier molecular flexibility index (Phi) is 7.08. The van der Waals surface area contributed by atoms with Crippen molar-refractivity contribution in [2.24, 2.45) is 0 Å². The zero-order chi connectivity index (χ0) is 32.5. The normalized spacial score (nSPS) is 25.9. The van der Waals surface area contributed by atoms with Gasteiger partial charge in [0, 0.05) is 31.3 Å². The number of phenolic OH excluding ortho intramolecular Hbond substituents is 1. The Labute approximate surface area is 268 Å². The Hall–Kier alpha value is -4.39. The van der Waals surface area contributed by atoms with Crippen molar-refractivity contribution in [3.8, 4) is 23.0 Å². The van der Waals surface area contributed by atoms with Crippen LogP contribution in [-0.4, -0.2) is 87.8 Å². The lowest BCUT2D eigenvalue weighted by Gasteiger charge is -2.38. The van der Waals surface area contributed by atoms with E-state index in [1.54, 1.807) is 13.0 Å². The summed E-state index contributed by atoms with van der Waals surface area (Å²) in [5.41, 5.74) is -0.933. The second-order valence-corrected chi connectivity index (χ2v) is 13.2. The predicted octanol–water partition coefficient (Wildman–Crippen LogP) is 5.85. The summed E-state index contributed by atoms with van der Waals surface area (Å²) in [5.74, 6) is -1.000. The standard InChI is InChI=1S/C34H34F3N5O5/c1-2-22-25(36)6-5-19-11-21(43)12-23(26(19)22)28-27(37)29-24(14-38-28)30(41-9-4-8-34(16-41)18-46-32(44)47-34)40-31(39-29)45-17-33-7-3-10-42(33)15-20(35)13-33/h5-6,11-12,14,20,43H,2-4,7-10,13,15-18H2,1H3/t20-,33+,34+/m1/s1. The fourth-order valence-corrected chi connectivity index (χ4v) is 8.10. The van der Waals surface area contributed by atoms with E-state index in [-0.39, 0.29) is 48.3 Å². The van der Waals surface area contributed by atoms with Crippen LogP contribution in [0.4, 0.5) is 23.8 Å². The van der Waals surface area contributed by atoms with E-state index in [0.29, 0.717) is 66.3 Å². The van der Waals surface area contributed by atoms with Gasteiger partial charge in [0.2, 0.25) is 0 Å². The van der Waals surface area contributed by atoms with Gasteiger partial charge in [-0.05, 0) is 73.2 Å². The Bertz CT molecular complexity index is 1930. The number of carbonyl (C=O) groups is 1. The first-order chi connectivity index (χ1) is 22.7. The number of aromatic hydroxyl groups is 1. The van der Waals surface area contributed by atoms with Crippen LogP contribution in [0.1, 0.15) is 44.6 Å². The minimum absolute atomic E-state index is 0.0733. The number of aryl methyl sites for hydroxylation is 1. The van der Waals surface area contributed by atoms with Crippen LogP contribution < -0.4 is 9.64 Å². The summed E-state index contributed by atoms with van der Waals surface area (Å²) in [6.45, 7) is 3.97. The van der Waals surface area contributed by atoms with E-state index in [0.717, 1.165) is 19.4 Å². The average molecular weight is 650 g/mol. The number of hydrogen-bond donors (Lipinski definition) is 1. The highest BCUT2D eigenvalue weighted by Crippen LogP contribution is 2.42. The first kappa shape index (κ1) is 30.0. The lowest BCUT2D eigenvalue weighted by molar-refractivity contribution is 0.0445. The molecule has 0 unspecified atom stereocenters. The lowest BCUT2D eigenvalue weighted by Crippen LogP contribution is -2.50. The number of pyridine rings is 1. The van der Waals surface area contributed by atoms with Crippen LogP contribution in [-0.2, 0) is 15.9 Å². The molecule has 4 aromatic rings. The van der Waals surface area contributed by atoms with Crippen LogP contribution in [0.3, 0.4) is 0 Å². The number of hydrogen-bond acceptors (Lipinski definition) is 10. The smallest absolute Gasteiger partial charge is 0.508 e. The molecule has 1 N–H and O–H groups in total. The zero-order valence-corrected chi connectivity index (χ0v) is 25.9. The number of benzene rings is 2. The number of alkyl halides is 1. The summed E-state index contributed by atoms with van der Waals surface area (Å²) in [4.78, 5) is 29.7. The molecule has 6 heterocycles. The van der Waals surface area contributed by atoms with E-state index in [1.165, 1.54) is 24.4 Å². The molecule has 0 bridgehead atoms. The van der Waals surface area contributed by atoms with Crippen molar-refractivity contribution in [3.63, 3.8) is 0 Å². The first-order valence-corrected chi connectivity index (χ1v) is 16.1. The number of anilines is 1. The summed E-state index contributed by atoms with van der Waals surface area (Å²) in [6, 6.07) is 5.68. The van der Waals surface area contributed by atoms with Crippen LogP contribution in [0, 0.1) is 11.6 Å². The van der Waals surface area contributed by atoms with E-state index >= 15 is 4.39 Å². The minimum Gasteiger partial charge on any atom is -0.508 e. The van der Waals surface area contributed by atoms with E-state index in [1.807, 2.05) is 4.90 Å². The molecule has 47 heavy (non-hydrogen) atoms. The molecule has 4 aliphatic heterocycles. The van der Waals surface area contributed by atoms with E-state index < -0.39 is 35.1 Å². The fraction of sp³-hybridized carbons (Fsp3) is 0.471. The third kappa shape index (κ3) is 4.97. The maximum atomic E-state index is 16.9. The molecule has 13 heteroatoms. The second-order valence-electron chi connectivity index (χ2n) is 13.2. The van der Waals surface area contributed by atoms with Gasteiger partial charge < -0.3 is 24.2 Å². The molecular formula is C34H34F3N5O5. The number of carbonyl (C=O) groups excluding carboxylic acids is 1. The van der Waals surface area contributed by atoms with Crippen molar-refractivity contribution in [3.05, 3.63) is 47.7 Å². The zero-order valence-electron chi connectivity index (χ0n) is 25.9. The van der Waals surface area contributed by atoms with E-state index in [9.17, 15) is 18.7 Å². The summed E-state index contributed by atoms with van der Waals surface area (Å²) in [6.07, 6.45) is 3.43. The number of ether oxygens (including phenoxy) is 3. The SMILES string of the molecule is CCc1c(F)ccc2cc(O)cc(-c3ncc4c(N5CCC[C@@]6(COC(=O)O6)C5)nc(OC[C@@]56CCCN5C[C@H](F)C6)nc4c3F)c12. The summed E-state index contributed by atoms with van der Waals surface area (Å²) in [5, 5.41) is 11.9. The fourth-order valence-electron chi connectivity index (χ4n) is 8.10. The molecule has 3 atom stereocenters. The molecule has 4 saturated heterocycles. The number of halogens is 3. The number of fused-ring (bicyclic) bond motifs is 3. The molecule has 4 aliphatic rings. The maximum Gasteiger partial charge on any atom is 0.509 e. The predicted molar refractivity (Wildman–Crippen MR) is 166 cm³/mol. The van der Waals surface area contributed by atoms with E-state index in [4.69, 9.17) is 19.2 Å². The van der Waals surface area contributed by atoms with Crippen LogP contribution in [0.15, 0.2) is 30.5 Å². The van der Waals surface area contributed by atoms with Crippen LogP contribution in [0.25, 0.3) is 32.9 Å². The van der Waals surface area contributed by atoms with Crippen molar-refractivity contribution in [2.45, 2.75) is 62.8 Å². The maximum absolute atomic E-state index is 16.9. The number of phenols is 1. The quantitative estimate of drug-likeness (QED) is 0.256. The van der Waals surface area contributed by atoms with Gasteiger partial charge in [0.15, 0.2) is 11.4 Å². The van der Waals surface area contributed by atoms with Crippen molar-refractivity contribution in [1.82, 2.24) is 19.9 Å². The number of cyclic esters (lactones) is 1. The van der Waals surface area contributed by atoms with Gasteiger partial charge in [-0.2, -0.15) is 9.97 Å².